The van der Waals surface area contributed by atoms with Crippen molar-refractivity contribution >= 4 is 11.0 Å². The molecule has 0 aliphatic carbocycles. The number of rotatable bonds is 5. The van der Waals surface area contributed by atoms with Crippen LogP contribution in [0.1, 0.15) is 19.2 Å². The highest BCUT2D eigenvalue weighted by Crippen LogP contribution is 2.19. The van der Waals surface area contributed by atoms with Gasteiger partial charge in [0.25, 0.3) is 0 Å². The third kappa shape index (κ3) is 2.59. The Morgan fingerprint density at radius 3 is 2.94 bits per heavy atom. The zero-order chi connectivity index (χ0) is 13.1. The molecule has 0 saturated heterocycles. The van der Waals surface area contributed by atoms with Crippen molar-refractivity contribution in [1.82, 2.24) is 9.55 Å². The molecule has 4 heteroatoms. The second-order valence-electron chi connectivity index (χ2n) is 4.60. The maximum atomic E-state index is 13.2. The van der Waals surface area contributed by atoms with Gasteiger partial charge in [0.2, 0.25) is 0 Å². The fourth-order valence-corrected chi connectivity index (χ4v) is 2.05. The van der Waals surface area contributed by atoms with E-state index >= 15 is 0 Å². The summed E-state index contributed by atoms with van der Waals surface area (Å²) in [5.41, 5.74) is 8.23. The number of halogens is 1. The zero-order valence-corrected chi connectivity index (χ0v) is 10.6. The van der Waals surface area contributed by atoms with Crippen LogP contribution >= 0.6 is 0 Å². The quantitative estimate of drug-likeness (QED) is 0.825. The highest BCUT2D eigenvalue weighted by molar-refractivity contribution is 5.76. The molecule has 2 rings (SSSR count). The molecule has 0 bridgehead atoms. The number of benzene rings is 1. The molecule has 1 heterocycles. The molecule has 3 nitrogen and oxygen atoms in total. The van der Waals surface area contributed by atoms with Crippen LogP contribution in [0.25, 0.3) is 11.0 Å². The van der Waals surface area contributed by atoms with Crippen molar-refractivity contribution in [1.29, 1.82) is 0 Å². The monoisotopic (exact) mass is 247 g/mol. The molecule has 0 radical (unpaired) electrons. The number of aromatic nitrogens is 2. The summed E-state index contributed by atoms with van der Waals surface area (Å²) in [4.78, 5) is 4.49. The Bertz CT molecular complexity index is 572. The topological polar surface area (TPSA) is 43.8 Å². The number of allylic oxidation sites excluding steroid dienone is 1. The van der Waals surface area contributed by atoms with Gasteiger partial charge in [0.1, 0.15) is 11.6 Å². The van der Waals surface area contributed by atoms with Crippen LogP contribution in [0, 0.1) is 5.82 Å². The number of imidazole rings is 1. The lowest BCUT2D eigenvalue weighted by molar-refractivity contribution is 0.629. The number of aryl methyl sites for hydroxylation is 1. The molecule has 0 fully saturated rings. The predicted octanol–water partition coefficient (Wildman–Crippen LogP) is 2.64. The molecule has 2 aromatic rings. The summed E-state index contributed by atoms with van der Waals surface area (Å²) in [5, 5.41) is 0. The van der Waals surface area contributed by atoms with Crippen molar-refractivity contribution in [3.05, 3.63) is 42.0 Å². The van der Waals surface area contributed by atoms with Gasteiger partial charge in [-0.1, -0.05) is 12.2 Å². The molecule has 0 saturated carbocycles. The summed E-state index contributed by atoms with van der Waals surface area (Å²) in [6, 6.07) is 4.70. The van der Waals surface area contributed by atoms with Crippen LogP contribution < -0.4 is 5.73 Å². The standard InChI is InChI=1S/C14H18FN3/c1-10(2)9-18-13-6-5-11(15)8-12(13)17-14(18)4-3-7-16/h5-6,8H,1,3-4,7,9,16H2,2H3. The first-order valence-electron chi connectivity index (χ1n) is 6.11. The minimum absolute atomic E-state index is 0.257. The summed E-state index contributed by atoms with van der Waals surface area (Å²) in [6.45, 7) is 7.24. The van der Waals surface area contributed by atoms with Gasteiger partial charge < -0.3 is 10.3 Å². The van der Waals surface area contributed by atoms with Crippen LogP contribution in [0.5, 0.6) is 0 Å². The van der Waals surface area contributed by atoms with E-state index in [4.69, 9.17) is 5.73 Å². The van der Waals surface area contributed by atoms with E-state index < -0.39 is 0 Å². The first kappa shape index (κ1) is 12.8. The minimum atomic E-state index is -0.257. The van der Waals surface area contributed by atoms with Gasteiger partial charge in [0, 0.05) is 19.0 Å². The van der Waals surface area contributed by atoms with Crippen LogP contribution in [0.3, 0.4) is 0 Å². The zero-order valence-electron chi connectivity index (χ0n) is 10.6. The van der Waals surface area contributed by atoms with Gasteiger partial charge >= 0.3 is 0 Å². The predicted molar refractivity (Wildman–Crippen MR) is 71.9 cm³/mol. The Labute approximate surface area is 106 Å². The average molecular weight is 247 g/mol. The Morgan fingerprint density at radius 2 is 2.28 bits per heavy atom. The van der Waals surface area contributed by atoms with Crippen LogP contribution in [0.15, 0.2) is 30.4 Å². The normalized spacial score (nSPS) is 11.1. The van der Waals surface area contributed by atoms with E-state index in [0.29, 0.717) is 18.6 Å². The largest absolute Gasteiger partial charge is 0.330 e. The number of hydrogen-bond acceptors (Lipinski definition) is 2. The molecule has 0 aliphatic rings. The van der Waals surface area contributed by atoms with Crippen molar-refractivity contribution in [3.63, 3.8) is 0 Å². The van der Waals surface area contributed by atoms with Gasteiger partial charge in [-0.15, -0.1) is 0 Å². The molecular formula is C14H18FN3. The van der Waals surface area contributed by atoms with Crippen LogP contribution in [0.2, 0.25) is 0 Å². The van der Waals surface area contributed by atoms with Crippen LogP contribution in [-0.4, -0.2) is 16.1 Å². The van der Waals surface area contributed by atoms with E-state index in [1.807, 2.05) is 6.92 Å². The first-order chi connectivity index (χ1) is 8.61. The van der Waals surface area contributed by atoms with E-state index in [2.05, 4.69) is 16.1 Å². The Kier molecular flexibility index (Phi) is 3.77. The molecule has 1 aromatic heterocycles. The highest BCUT2D eigenvalue weighted by Gasteiger charge is 2.10. The van der Waals surface area contributed by atoms with Crippen molar-refractivity contribution in [2.24, 2.45) is 5.73 Å². The van der Waals surface area contributed by atoms with Crippen molar-refractivity contribution in [2.45, 2.75) is 26.3 Å². The van der Waals surface area contributed by atoms with Crippen LogP contribution in [-0.2, 0) is 13.0 Å². The lowest BCUT2D eigenvalue weighted by atomic mass is 10.2. The Balaban J connectivity index is 2.49. The van der Waals surface area contributed by atoms with E-state index in [-0.39, 0.29) is 5.82 Å². The molecule has 1 aromatic carbocycles. The number of fused-ring (bicyclic) bond motifs is 1. The Hall–Kier alpha value is -1.68. The van der Waals surface area contributed by atoms with Gasteiger partial charge in [0.05, 0.1) is 11.0 Å². The van der Waals surface area contributed by atoms with Crippen LogP contribution in [0.4, 0.5) is 4.39 Å². The molecular weight excluding hydrogens is 229 g/mol. The lowest BCUT2D eigenvalue weighted by Crippen LogP contribution is -2.07. The smallest absolute Gasteiger partial charge is 0.125 e. The third-order valence-corrected chi connectivity index (χ3v) is 2.82. The number of hydrogen-bond donors (Lipinski definition) is 1. The van der Waals surface area contributed by atoms with E-state index in [0.717, 1.165) is 29.8 Å². The van der Waals surface area contributed by atoms with Gasteiger partial charge in [0.15, 0.2) is 0 Å². The summed E-state index contributed by atoms with van der Waals surface area (Å²) in [6.07, 6.45) is 1.68. The van der Waals surface area contributed by atoms with Crippen molar-refractivity contribution in [3.8, 4) is 0 Å². The second-order valence-corrected chi connectivity index (χ2v) is 4.60. The molecule has 0 aliphatic heterocycles. The summed E-state index contributed by atoms with van der Waals surface area (Å²) < 4.78 is 15.3. The fourth-order valence-electron chi connectivity index (χ4n) is 2.05. The maximum absolute atomic E-state index is 13.2. The molecule has 18 heavy (non-hydrogen) atoms. The van der Waals surface area contributed by atoms with Gasteiger partial charge in [-0.25, -0.2) is 9.37 Å². The highest BCUT2D eigenvalue weighted by atomic mass is 19.1. The summed E-state index contributed by atoms with van der Waals surface area (Å²) in [7, 11) is 0. The summed E-state index contributed by atoms with van der Waals surface area (Å²) in [5.74, 6) is 0.692. The van der Waals surface area contributed by atoms with E-state index in [1.165, 1.54) is 12.1 Å². The lowest BCUT2D eigenvalue weighted by Gasteiger charge is -2.08. The summed E-state index contributed by atoms with van der Waals surface area (Å²) >= 11 is 0. The SMILES string of the molecule is C=C(C)Cn1c(CCCN)nc2cc(F)ccc21. The van der Waals surface area contributed by atoms with E-state index in [9.17, 15) is 4.39 Å². The second kappa shape index (κ2) is 5.31. The number of nitrogens with two attached hydrogens (primary N) is 1. The van der Waals surface area contributed by atoms with Gasteiger partial charge in [-0.2, -0.15) is 0 Å². The third-order valence-electron chi connectivity index (χ3n) is 2.82. The molecule has 2 N–H and O–H groups in total. The Morgan fingerprint density at radius 1 is 1.50 bits per heavy atom. The fraction of sp³-hybridized carbons (Fsp3) is 0.357. The number of nitrogens with zero attached hydrogens (tertiary/aromatic N) is 2. The minimum Gasteiger partial charge on any atom is -0.330 e. The maximum Gasteiger partial charge on any atom is 0.125 e. The van der Waals surface area contributed by atoms with Crippen molar-refractivity contribution < 1.29 is 4.39 Å². The van der Waals surface area contributed by atoms with Gasteiger partial charge in [-0.3, -0.25) is 0 Å². The molecule has 0 atom stereocenters. The molecule has 0 spiro atoms. The van der Waals surface area contributed by atoms with Gasteiger partial charge in [-0.05, 0) is 32.0 Å². The molecule has 0 amide bonds. The van der Waals surface area contributed by atoms with E-state index in [1.54, 1.807) is 6.07 Å². The molecule has 0 unspecified atom stereocenters. The first-order valence-corrected chi connectivity index (χ1v) is 6.11. The molecule has 96 valence electrons. The van der Waals surface area contributed by atoms with Crippen molar-refractivity contribution in [2.75, 3.05) is 6.54 Å². The average Bonchev–Trinajstić information content (AvgIpc) is 2.63.